The maximum Gasteiger partial charge on any atom is 0.864 e. The lowest BCUT2D eigenvalue weighted by atomic mass is 9.70. The fourth-order valence-corrected chi connectivity index (χ4v) is 11.7. The van der Waals surface area contributed by atoms with Crippen LogP contribution in [-0.2, 0) is 14.2 Å². The quantitative estimate of drug-likeness (QED) is 0.136. The third kappa shape index (κ3) is 6.65. The topological polar surface area (TPSA) is 74.8 Å². The van der Waals surface area contributed by atoms with Gasteiger partial charge in [-0.05, 0) is 20.8 Å². The summed E-state index contributed by atoms with van der Waals surface area (Å²) in [6.45, 7) is 14.9. The Morgan fingerprint density at radius 1 is 0.388 bits per heavy atom. The van der Waals surface area contributed by atoms with Crippen LogP contribution in [0.2, 0.25) is 0 Å². The lowest BCUT2D eigenvalue weighted by molar-refractivity contribution is -0.190. The van der Waals surface area contributed by atoms with Crippen LogP contribution in [0.5, 0.6) is 17.2 Å². The van der Waals surface area contributed by atoms with Gasteiger partial charge in [-0.2, -0.15) is 13.2 Å². The number of rotatable bonds is 12. The van der Waals surface area contributed by atoms with Gasteiger partial charge in [-0.3, -0.25) is 14.7 Å². The number of anilines is 3. The summed E-state index contributed by atoms with van der Waals surface area (Å²) >= 11 is 0. The summed E-state index contributed by atoms with van der Waals surface area (Å²) in [6, 6.07) is 1.33. The standard InChI is InChI=1S/C45H48BF9N6O6/c1-40(19-62-20-40)59-13-43(14-59)7-56(8-43)37-25(47)4-28(31(50)34(37)53)65-46(66-29-5-26(48)38(35(54)32(29)51)57-9-44(10-57)15-60(16-44)41(2)21-63-22-41)67-30-6-27(49)39(36(55)33(30)52)58-11-45(12-58)17-61(18-45)42(3)23-64-24-42/h4-6H,7-24H2,1-3H3. The van der Waals surface area contributed by atoms with Crippen LogP contribution < -0.4 is 28.7 Å². The molecule has 9 saturated heterocycles. The Balaban J connectivity index is 0.787. The summed E-state index contributed by atoms with van der Waals surface area (Å²) in [5.41, 5.74) is -3.19. The fraction of sp³-hybridized carbons (Fsp3) is 0.600. The van der Waals surface area contributed by atoms with Gasteiger partial charge in [-0.15, -0.1) is 0 Å². The van der Waals surface area contributed by atoms with Crippen LogP contribution in [0.4, 0.5) is 56.6 Å². The van der Waals surface area contributed by atoms with Crippen LogP contribution in [0, 0.1) is 68.6 Å². The lowest BCUT2D eigenvalue weighted by Gasteiger charge is -2.66. The number of likely N-dealkylation sites (tertiary alicyclic amines) is 3. The molecule has 0 atom stereocenters. The molecule has 0 aliphatic carbocycles. The first-order valence-corrected chi connectivity index (χ1v) is 22.5. The number of nitrogens with zero attached hydrogens (tertiary/aromatic N) is 6. The average Bonchev–Trinajstić information content (AvgIpc) is 3.15. The zero-order valence-electron chi connectivity index (χ0n) is 37.1. The normalized spacial score (nSPS) is 25.7. The van der Waals surface area contributed by atoms with Crippen molar-refractivity contribution in [3.8, 4) is 17.2 Å². The highest BCUT2D eigenvalue weighted by atomic mass is 19.2. The van der Waals surface area contributed by atoms with Crippen molar-refractivity contribution in [2.75, 3.05) is 133 Å². The Labute approximate surface area is 380 Å². The SMILES string of the molecule is CC1(N2CC3(CN(c4c(F)cc(OB(Oc5cc(F)c(N6CC7(C6)CN(C6(C)COC6)C7)c(F)c5F)Oc5cc(F)c(N6CC7(C6)CN(C6(C)COC6)C7)c(F)c5F)c(F)c4F)C3)C2)COC1. The van der Waals surface area contributed by atoms with Crippen LogP contribution in [0.3, 0.4) is 0 Å². The van der Waals surface area contributed by atoms with Gasteiger partial charge in [0.1, 0.15) is 34.3 Å². The van der Waals surface area contributed by atoms with E-state index in [2.05, 4.69) is 35.5 Å². The highest BCUT2D eigenvalue weighted by Gasteiger charge is 2.61. The van der Waals surface area contributed by atoms with E-state index in [1.807, 2.05) is 0 Å². The van der Waals surface area contributed by atoms with Gasteiger partial charge >= 0.3 is 7.32 Å². The molecule has 12 nitrogen and oxygen atoms in total. The maximum absolute atomic E-state index is 15.9. The number of ether oxygens (including phenoxy) is 3. The Hall–Kier alpha value is -4.35. The van der Waals surface area contributed by atoms with Crippen molar-refractivity contribution in [3.05, 3.63) is 70.6 Å². The molecular weight excluding hydrogens is 902 g/mol. The Bertz CT molecular complexity index is 2270. The van der Waals surface area contributed by atoms with Crippen LogP contribution in [-0.4, -0.2) is 157 Å². The highest BCUT2D eigenvalue weighted by Crippen LogP contribution is 2.51. The molecule has 360 valence electrons. The van der Waals surface area contributed by atoms with Crippen molar-refractivity contribution < 1.29 is 67.7 Å². The molecule has 3 aromatic carbocycles. The summed E-state index contributed by atoms with van der Waals surface area (Å²) in [5.74, 6) is -17.9. The Morgan fingerprint density at radius 2 is 0.627 bits per heavy atom. The largest absolute Gasteiger partial charge is 0.864 e. The van der Waals surface area contributed by atoms with Crippen LogP contribution >= 0.6 is 0 Å². The zero-order chi connectivity index (χ0) is 46.8. The maximum atomic E-state index is 15.9. The van der Waals surface area contributed by atoms with E-state index in [4.69, 9.17) is 28.2 Å². The van der Waals surface area contributed by atoms with E-state index in [1.54, 1.807) is 0 Å². The first kappa shape index (κ1) is 43.9. The van der Waals surface area contributed by atoms with Gasteiger partial charge < -0.3 is 42.9 Å². The molecule has 0 saturated carbocycles. The molecule has 9 fully saturated rings. The second-order valence-corrected chi connectivity index (χ2v) is 21.7. The van der Waals surface area contributed by atoms with Crippen LogP contribution in [0.25, 0.3) is 0 Å². The molecule has 3 aromatic rings. The molecule has 9 heterocycles. The van der Waals surface area contributed by atoms with Crippen LogP contribution in [0.1, 0.15) is 20.8 Å². The van der Waals surface area contributed by atoms with Crippen molar-refractivity contribution in [2.24, 2.45) is 16.2 Å². The van der Waals surface area contributed by atoms with E-state index in [0.717, 1.165) is 0 Å². The van der Waals surface area contributed by atoms with E-state index >= 15 is 39.5 Å². The number of halogens is 9. The van der Waals surface area contributed by atoms with E-state index in [9.17, 15) is 0 Å². The summed E-state index contributed by atoms with van der Waals surface area (Å²) in [6.07, 6.45) is 0. The number of hydrogen-bond donors (Lipinski definition) is 0. The van der Waals surface area contributed by atoms with Crippen molar-refractivity contribution in [3.63, 3.8) is 0 Å². The second kappa shape index (κ2) is 14.6. The summed E-state index contributed by atoms with van der Waals surface area (Å²) in [7, 11) is -2.74. The second-order valence-electron chi connectivity index (χ2n) is 21.7. The summed E-state index contributed by atoms with van der Waals surface area (Å²) in [5, 5.41) is 0. The van der Waals surface area contributed by atoms with E-state index in [1.165, 1.54) is 14.7 Å². The molecule has 9 aliphatic rings. The van der Waals surface area contributed by atoms with Crippen molar-refractivity contribution in [1.29, 1.82) is 0 Å². The predicted molar refractivity (Wildman–Crippen MR) is 223 cm³/mol. The van der Waals surface area contributed by atoms with Gasteiger partial charge in [0.05, 0.1) is 56.3 Å². The molecule has 0 radical (unpaired) electrons. The molecule has 0 unspecified atom stereocenters. The monoisotopic (exact) mass is 950 g/mol. The fourth-order valence-electron chi connectivity index (χ4n) is 11.7. The van der Waals surface area contributed by atoms with E-state index in [-0.39, 0.29) is 72.1 Å². The van der Waals surface area contributed by atoms with Gasteiger partial charge in [0.2, 0.25) is 17.5 Å². The molecule has 3 spiro atoms. The van der Waals surface area contributed by atoms with Crippen molar-refractivity contribution in [2.45, 2.75) is 37.4 Å². The summed E-state index contributed by atoms with van der Waals surface area (Å²) in [4.78, 5) is 10.7. The van der Waals surface area contributed by atoms with Crippen molar-refractivity contribution in [1.82, 2.24) is 14.7 Å². The van der Waals surface area contributed by atoms with E-state index in [0.29, 0.717) is 97.1 Å². The van der Waals surface area contributed by atoms with Gasteiger partial charge in [0, 0.05) is 113 Å². The molecule has 0 bridgehead atoms. The van der Waals surface area contributed by atoms with Gasteiger partial charge in [0.15, 0.2) is 34.9 Å². The zero-order valence-corrected chi connectivity index (χ0v) is 37.1. The number of hydrogen-bond acceptors (Lipinski definition) is 12. The van der Waals surface area contributed by atoms with Gasteiger partial charge in [-0.25, -0.2) is 26.3 Å². The highest BCUT2D eigenvalue weighted by molar-refractivity contribution is 6.39. The molecule has 22 heteroatoms. The van der Waals surface area contributed by atoms with E-state index < -0.39 is 94.0 Å². The van der Waals surface area contributed by atoms with Gasteiger partial charge in [0.25, 0.3) is 0 Å². The first-order valence-electron chi connectivity index (χ1n) is 22.5. The minimum absolute atomic E-state index is 0.111. The minimum Gasteiger partial charge on any atom is -0.487 e. The molecule has 67 heavy (non-hydrogen) atoms. The molecule has 0 N–H and O–H groups in total. The Kier molecular flexibility index (Phi) is 9.57. The third-order valence-corrected chi connectivity index (χ3v) is 16.0. The molecule has 0 amide bonds. The molecule has 0 aromatic heterocycles. The molecule has 12 rings (SSSR count). The Morgan fingerprint density at radius 3 is 0.836 bits per heavy atom. The first-order chi connectivity index (χ1) is 31.7. The summed E-state index contributed by atoms with van der Waals surface area (Å²) < 4.78 is 175. The third-order valence-electron chi connectivity index (χ3n) is 16.0. The smallest absolute Gasteiger partial charge is 0.487 e. The molecular formula is C45H48BF9N6O6. The van der Waals surface area contributed by atoms with Crippen LogP contribution in [0.15, 0.2) is 18.2 Å². The molecule has 9 aliphatic heterocycles. The van der Waals surface area contributed by atoms with Gasteiger partial charge in [-0.1, -0.05) is 0 Å². The minimum atomic E-state index is -2.74. The van der Waals surface area contributed by atoms with Crippen molar-refractivity contribution >= 4 is 24.4 Å². The average molecular weight is 951 g/mol. The predicted octanol–water partition coefficient (Wildman–Crippen LogP) is 5.19. The number of benzene rings is 3. The lowest BCUT2D eigenvalue weighted by Crippen LogP contribution is -2.78.